The van der Waals surface area contributed by atoms with E-state index in [2.05, 4.69) is 36.7 Å². The van der Waals surface area contributed by atoms with Crippen LogP contribution in [0.5, 0.6) is 0 Å². The first-order valence-electron chi connectivity index (χ1n) is 6.57. The van der Waals surface area contributed by atoms with E-state index in [0.717, 1.165) is 23.6 Å². The van der Waals surface area contributed by atoms with Gasteiger partial charge in [-0.15, -0.1) is 11.3 Å². The Morgan fingerprint density at radius 1 is 1.37 bits per heavy atom. The van der Waals surface area contributed by atoms with E-state index in [4.69, 9.17) is 9.15 Å². The number of ether oxygens (including phenoxy) is 1. The summed E-state index contributed by atoms with van der Waals surface area (Å²) in [4.78, 5) is 1.25. The van der Waals surface area contributed by atoms with Crippen molar-refractivity contribution in [3.63, 3.8) is 0 Å². The zero-order valence-electron chi connectivity index (χ0n) is 11.7. The molecule has 0 atom stereocenters. The molecule has 3 nitrogen and oxygen atoms in total. The van der Waals surface area contributed by atoms with Crippen molar-refractivity contribution in [2.45, 2.75) is 46.6 Å². The van der Waals surface area contributed by atoms with Crippen molar-refractivity contribution in [2.24, 2.45) is 0 Å². The van der Waals surface area contributed by atoms with Gasteiger partial charge in [-0.1, -0.05) is 19.9 Å². The Balaban J connectivity index is 1.82. The molecule has 4 heteroatoms. The summed E-state index contributed by atoms with van der Waals surface area (Å²) in [6, 6.07) is 6.68. The molecule has 0 unspecified atom stereocenters. The summed E-state index contributed by atoms with van der Waals surface area (Å²) in [5, 5.41) is 5.41. The zero-order chi connectivity index (χ0) is 13.7. The smallest absolute Gasteiger partial charge is 0.118 e. The standard InChI is InChI=1S/C15H21NO2S/c1-11(2)16-8-14-7-13(12(3)18-14)9-17-10-15-5-4-6-19-15/h4-7,11,16H,8-10H2,1-3H3. The highest BCUT2D eigenvalue weighted by Gasteiger charge is 2.08. The first-order valence-corrected chi connectivity index (χ1v) is 7.45. The monoisotopic (exact) mass is 279 g/mol. The van der Waals surface area contributed by atoms with E-state index in [1.165, 1.54) is 4.88 Å². The summed E-state index contributed by atoms with van der Waals surface area (Å²) in [5.74, 6) is 1.92. The maximum Gasteiger partial charge on any atom is 0.118 e. The Bertz CT molecular complexity index is 488. The summed E-state index contributed by atoms with van der Waals surface area (Å²) in [6.07, 6.45) is 0. The quantitative estimate of drug-likeness (QED) is 0.835. The van der Waals surface area contributed by atoms with E-state index >= 15 is 0 Å². The van der Waals surface area contributed by atoms with Gasteiger partial charge in [-0.05, 0) is 24.4 Å². The molecule has 0 saturated heterocycles. The van der Waals surface area contributed by atoms with Gasteiger partial charge in [-0.2, -0.15) is 0 Å². The van der Waals surface area contributed by atoms with Gasteiger partial charge in [-0.25, -0.2) is 0 Å². The van der Waals surface area contributed by atoms with E-state index in [9.17, 15) is 0 Å². The fourth-order valence-corrected chi connectivity index (χ4v) is 2.42. The van der Waals surface area contributed by atoms with Crippen molar-refractivity contribution in [2.75, 3.05) is 0 Å². The molecule has 0 radical (unpaired) electrons. The van der Waals surface area contributed by atoms with Gasteiger partial charge in [-0.3, -0.25) is 0 Å². The van der Waals surface area contributed by atoms with Crippen LogP contribution in [-0.2, 0) is 24.5 Å². The van der Waals surface area contributed by atoms with E-state index in [1.807, 2.05) is 13.0 Å². The molecule has 0 aliphatic rings. The second kappa shape index (κ2) is 6.89. The fourth-order valence-electron chi connectivity index (χ4n) is 1.78. The van der Waals surface area contributed by atoms with Crippen LogP contribution in [0.3, 0.4) is 0 Å². The third kappa shape index (κ3) is 4.49. The van der Waals surface area contributed by atoms with Crippen LogP contribution in [0.2, 0.25) is 0 Å². The Morgan fingerprint density at radius 3 is 2.89 bits per heavy atom. The summed E-state index contributed by atoms with van der Waals surface area (Å²) >= 11 is 1.72. The van der Waals surface area contributed by atoms with E-state index in [-0.39, 0.29) is 0 Å². The van der Waals surface area contributed by atoms with Crippen LogP contribution in [0, 0.1) is 6.92 Å². The fraction of sp³-hybridized carbons (Fsp3) is 0.467. The Kier molecular flexibility index (Phi) is 5.19. The highest BCUT2D eigenvalue weighted by Crippen LogP contribution is 2.17. The molecule has 0 amide bonds. The van der Waals surface area contributed by atoms with Gasteiger partial charge in [0.05, 0.1) is 19.8 Å². The number of thiophene rings is 1. The van der Waals surface area contributed by atoms with E-state index in [0.29, 0.717) is 19.3 Å². The van der Waals surface area contributed by atoms with Crippen molar-refractivity contribution in [3.05, 3.63) is 45.5 Å². The molecule has 0 aliphatic heterocycles. The molecule has 0 saturated carbocycles. The van der Waals surface area contributed by atoms with Crippen molar-refractivity contribution in [3.8, 4) is 0 Å². The maximum absolute atomic E-state index is 5.71. The SMILES string of the molecule is Cc1oc(CNC(C)C)cc1COCc1cccs1. The first kappa shape index (κ1) is 14.3. The van der Waals surface area contributed by atoms with Gasteiger partial charge < -0.3 is 14.5 Å². The molecule has 0 bridgehead atoms. The van der Waals surface area contributed by atoms with Crippen molar-refractivity contribution >= 4 is 11.3 Å². The largest absolute Gasteiger partial charge is 0.465 e. The van der Waals surface area contributed by atoms with Crippen LogP contribution in [0.4, 0.5) is 0 Å². The zero-order valence-corrected chi connectivity index (χ0v) is 12.5. The van der Waals surface area contributed by atoms with Gasteiger partial charge in [0, 0.05) is 16.5 Å². The van der Waals surface area contributed by atoms with Gasteiger partial charge in [0.2, 0.25) is 0 Å². The van der Waals surface area contributed by atoms with E-state index < -0.39 is 0 Å². The predicted octanol–water partition coefficient (Wildman–Crippen LogP) is 3.86. The second-order valence-electron chi connectivity index (χ2n) is 4.90. The molecule has 0 aliphatic carbocycles. The lowest BCUT2D eigenvalue weighted by Gasteiger charge is -2.04. The molecule has 2 aromatic heterocycles. The minimum absolute atomic E-state index is 0.462. The second-order valence-corrected chi connectivity index (χ2v) is 5.93. The summed E-state index contributed by atoms with van der Waals surface area (Å²) in [6.45, 7) is 8.28. The third-order valence-electron chi connectivity index (χ3n) is 2.84. The number of rotatable bonds is 7. The lowest BCUT2D eigenvalue weighted by atomic mass is 10.2. The molecule has 0 spiro atoms. The minimum Gasteiger partial charge on any atom is -0.465 e. The number of hydrogen-bond donors (Lipinski definition) is 1. The predicted molar refractivity (Wildman–Crippen MR) is 78.2 cm³/mol. The highest BCUT2D eigenvalue weighted by atomic mass is 32.1. The van der Waals surface area contributed by atoms with Gasteiger partial charge in [0.1, 0.15) is 11.5 Å². The normalized spacial score (nSPS) is 11.4. The number of nitrogens with one attached hydrogen (secondary N) is 1. The van der Waals surface area contributed by atoms with Crippen LogP contribution in [-0.4, -0.2) is 6.04 Å². The number of aryl methyl sites for hydroxylation is 1. The molecular weight excluding hydrogens is 258 g/mol. The van der Waals surface area contributed by atoms with Gasteiger partial charge >= 0.3 is 0 Å². The van der Waals surface area contributed by atoms with Crippen LogP contribution < -0.4 is 5.32 Å². The number of hydrogen-bond acceptors (Lipinski definition) is 4. The average molecular weight is 279 g/mol. The van der Waals surface area contributed by atoms with Crippen LogP contribution in [0.15, 0.2) is 28.0 Å². The summed E-state index contributed by atoms with van der Waals surface area (Å²) in [5.41, 5.74) is 1.14. The van der Waals surface area contributed by atoms with Crippen molar-refractivity contribution in [1.29, 1.82) is 0 Å². The van der Waals surface area contributed by atoms with Crippen LogP contribution in [0.1, 0.15) is 35.8 Å². The lowest BCUT2D eigenvalue weighted by Crippen LogP contribution is -2.21. The third-order valence-corrected chi connectivity index (χ3v) is 3.69. The van der Waals surface area contributed by atoms with Crippen LogP contribution in [0.25, 0.3) is 0 Å². The van der Waals surface area contributed by atoms with Crippen molar-refractivity contribution in [1.82, 2.24) is 5.32 Å². The molecule has 19 heavy (non-hydrogen) atoms. The Morgan fingerprint density at radius 2 is 2.21 bits per heavy atom. The first-order chi connectivity index (χ1) is 9.15. The molecule has 0 aromatic carbocycles. The topological polar surface area (TPSA) is 34.4 Å². The summed E-state index contributed by atoms with van der Waals surface area (Å²) in [7, 11) is 0. The van der Waals surface area contributed by atoms with Crippen LogP contribution >= 0.6 is 11.3 Å². The number of furan rings is 1. The Labute approximate surface area is 118 Å². The lowest BCUT2D eigenvalue weighted by molar-refractivity contribution is 0.108. The maximum atomic E-state index is 5.71. The summed E-state index contributed by atoms with van der Waals surface area (Å²) < 4.78 is 11.4. The Hall–Kier alpha value is -1.10. The highest BCUT2D eigenvalue weighted by molar-refractivity contribution is 7.09. The molecular formula is C15H21NO2S. The van der Waals surface area contributed by atoms with Gasteiger partial charge in [0.25, 0.3) is 0 Å². The minimum atomic E-state index is 0.462. The molecule has 1 N–H and O–H groups in total. The molecule has 2 heterocycles. The average Bonchev–Trinajstić information content (AvgIpc) is 2.98. The van der Waals surface area contributed by atoms with Gasteiger partial charge in [0.15, 0.2) is 0 Å². The molecule has 2 rings (SSSR count). The molecule has 104 valence electrons. The molecule has 2 aromatic rings. The van der Waals surface area contributed by atoms with E-state index in [1.54, 1.807) is 11.3 Å². The van der Waals surface area contributed by atoms with Crippen molar-refractivity contribution < 1.29 is 9.15 Å². The molecule has 0 fully saturated rings.